The number of amides is 1. The third kappa shape index (κ3) is 6.72. The van der Waals surface area contributed by atoms with Gasteiger partial charge in [0.05, 0.1) is 0 Å². The highest BCUT2D eigenvalue weighted by Crippen LogP contribution is 2.23. The van der Waals surface area contributed by atoms with Gasteiger partial charge in [-0.3, -0.25) is 4.79 Å². The van der Waals surface area contributed by atoms with Crippen LogP contribution in [0.25, 0.3) is 0 Å². The van der Waals surface area contributed by atoms with E-state index in [2.05, 4.69) is 94.7 Å². The Hall–Kier alpha value is -2.56. The Kier molecular flexibility index (Phi) is 8.41. The van der Waals surface area contributed by atoms with Crippen LogP contribution in [0.5, 0.6) is 0 Å². The van der Waals surface area contributed by atoms with Gasteiger partial charge in [0, 0.05) is 49.3 Å². The Labute approximate surface area is 196 Å². The van der Waals surface area contributed by atoms with Crippen LogP contribution in [-0.2, 0) is 17.6 Å². The first-order valence-corrected chi connectivity index (χ1v) is 12.5. The molecule has 1 heterocycles. The first-order chi connectivity index (χ1) is 15.8. The number of carbonyl (C=O) groups excluding carboxylic acids is 1. The van der Waals surface area contributed by atoms with Gasteiger partial charge in [-0.25, -0.2) is 0 Å². The lowest BCUT2D eigenvalue weighted by atomic mass is 10.1. The van der Waals surface area contributed by atoms with Crippen LogP contribution in [-0.4, -0.2) is 53.7 Å². The molecule has 1 aliphatic rings. The van der Waals surface area contributed by atoms with E-state index in [4.69, 9.17) is 0 Å². The van der Waals surface area contributed by atoms with Crippen molar-refractivity contribution in [2.24, 2.45) is 0 Å². The third-order valence-electron chi connectivity index (χ3n) is 6.12. The number of nitrogens with zero attached hydrogens (tertiary/aromatic N) is 2. The average Bonchev–Trinajstić information content (AvgIpc) is 3.03. The summed E-state index contributed by atoms with van der Waals surface area (Å²) in [6, 6.07) is 31.9. The van der Waals surface area contributed by atoms with E-state index in [0.717, 1.165) is 44.8 Å². The van der Waals surface area contributed by atoms with Gasteiger partial charge in [0.25, 0.3) is 0 Å². The highest BCUT2D eigenvalue weighted by Gasteiger charge is 2.27. The maximum Gasteiger partial charge on any atom is 0.224 e. The molecule has 32 heavy (non-hydrogen) atoms. The molecule has 3 nitrogen and oxygen atoms in total. The van der Waals surface area contributed by atoms with Gasteiger partial charge in [0.2, 0.25) is 5.91 Å². The Morgan fingerprint density at radius 2 is 1.38 bits per heavy atom. The third-order valence-corrected chi connectivity index (χ3v) is 7.28. The zero-order chi connectivity index (χ0) is 22.0. The molecule has 1 atom stereocenters. The number of carbonyl (C=O) groups is 1. The van der Waals surface area contributed by atoms with Gasteiger partial charge in [-0.2, -0.15) is 0 Å². The molecule has 0 aromatic heterocycles. The van der Waals surface area contributed by atoms with Crippen molar-refractivity contribution >= 4 is 17.7 Å². The summed E-state index contributed by atoms with van der Waals surface area (Å²) in [5, 5.41) is 0. The summed E-state index contributed by atoms with van der Waals surface area (Å²) in [5.74, 6) is 1.20. The molecule has 0 radical (unpaired) electrons. The molecule has 1 amide bonds. The van der Waals surface area contributed by atoms with E-state index in [9.17, 15) is 4.79 Å². The van der Waals surface area contributed by atoms with E-state index in [1.807, 2.05) is 17.8 Å². The van der Waals surface area contributed by atoms with Crippen molar-refractivity contribution in [2.75, 3.05) is 31.9 Å². The Bertz CT molecular complexity index is 949. The molecule has 0 bridgehead atoms. The normalized spacial score (nSPS) is 16.0. The van der Waals surface area contributed by atoms with E-state index in [1.54, 1.807) is 0 Å². The van der Waals surface area contributed by atoms with Gasteiger partial charge >= 0.3 is 0 Å². The Balaban J connectivity index is 1.41. The number of hydrogen-bond donors (Lipinski definition) is 0. The predicted octanol–water partition coefficient (Wildman–Crippen LogP) is 5.17. The van der Waals surface area contributed by atoms with Crippen LogP contribution in [0.1, 0.15) is 17.5 Å². The monoisotopic (exact) mass is 444 g/mol. The van der Waals surface area contributed by atoms with Crippen LogP contribution in [0, 0.1) is 0 Å². The molecule has 0 spiro atoms. The first kappa shape index (κ1) is 22.6. The minimum Gasteiger partial charge on any atom is -0.337 e. The molecule has 1 aliphatic heterocycles. The fourth-order valence-electron chi connectivity index (χ4n) is 4.28. The summed E-state index contributed by atoms with van der Waals surface area (Å²) in [6.45, 7) is 3.61. The van der Waals surface area contributed by atoms with Gasteiger partial charge in [0.15, 0.2) is 0 Å². The van der Waals surface area contributed by atoms with Crippen molar-refractivity contribution in [2.45, 2.75) is 30.2 Å². The number of hydrogen-bond acceptors (Lipinski definition) is 3. The maximum absolute atomic E-state index is 13.2. The lowest BCUT2D eigenvalue weighted by Crippen LogP contribution is -2.44. The number of rotatable bonds is 9. The van der Waals surface area contributed by atoms with Crippen LogP contribution in [0.2, 0.25) is 0 Å². The first-order valence-electron chi connectivity index (χ1n) is 11.6. The van der Waals surface area contributed by atoms with Crippen LogP contribution < -0.4 is 0 Å². The quantitative estimate of drug-likeness (QED) is 0.426. The van der Waals surface area contributed by atoms with Crippen LogP contribution in [0.15, 0.2) is 95.9 Å². The molecule has 1 fully saturated rings. The SMILES string of the molecule is O=C1CCN(CCc2ccccc2)CCN1[C@H](CSc1ccccc1)Cc1ccccc1. The van der Waals surface area contributed by atoms with Crippen molar-refractivity contribution < 1.29 is 4.79 Å². The van der Waals surface area contributed by atoms with E-state index < -0.39 is 0 Å². The fourth-order valence-corrected chi connectivity index (χ4v) is 5.31. The molecular weight excluding hydrogens is 412 g/mol. The molecule has 0 N–H and O–H groups in total. The smallest absolute Gasteiger partial charge is 0.224 e. The van der Waals surface area contributed by atoms with Crippen molar-refractivity contribution in [1.29, 1.82) is 0 Å². The van der Waals surface area contributed by atoms with Gasteiger partial charge in [-0.05, 0) is 36.1 Å². The minimum absolute atomic E-state index is 0.198. The summed E-state index contributed by atoms with van der Waals surface area (Å²) in [4.78, 5) is 19.0. The highest BCUT2D eigenvalue weighted by molar-refractivity contribution is 7.99. The molecule has 3 aromatic carbocycles. The molecule has 1 saturated heterocycles. The van der Waals surface area contributed by atoms with E-state index in [1.165, 1.54) is 16.0 Å². The molecular formula is C28H32N2OS. The molecule has 0 saturated carbocycles. The topological polar surface area (TPSA) is 23.6 Å². The van der Waals surface area contributed by atoms with Crippen molar-refractivity contribution in [3.05, 3.63) is 102 Å². The summed E-state index contributed by atoms with van der Waals surface area (Å²) >= 11 is 1.85. The standard InChI is InChI=1S/C28H32N2OS/c31-28-17-19-29(18-16-24-10-4-1-5-11-24)20-21-30(28)26(22-25-12-6-2-7-13-25)23-32-27-14-8-3-9-15-27/h1-15,26H,16-23H2/t26-/m0/s1. The zero-order valence-electron chi connectivity index (χ0n) is 18.6. The fraction of sp³-hybridized carbons (Fsp3) is 0.321. The molecule has 0 unspecified atom stereocenters. The maximum atomic E-state index is 13.2. The van der Waals surface area contributed by atoms with Gasteiger partial charge in [-0.1, -0.05) is 78.9 Å². The van der Waals surface area contributed by atoms with E-state index in [0.29, 0.717) is 12.3 Å². The van der Waals surface area contributed by atoms with E-state index >= 15 is 0 Å². The minimum atomic E-state index is 0.198. The second kappa shape index (κ2) is 11.9. The van der Waals surface area contributed by atoms with Crippen LogP contribution in [0.3, 0.4) is 0 Å². The number of thioether (sulfide) groups is 1. The van der Waals surface area contributed by atoms with Crippen molar-refractivity contribution in [3.8, 4) is 0 Å². The van der Waals surface area contributed by atoms with Gasteiger partial charge in [0.1, 0.15) is 0 Å². The lowest BCUT2D eigenvalue weighted by Gasteiger charge is -2.31. The second-order valence-corrected chi connectivity index (χ2v) is 9.48. The summed E-state index contributed by atoms with van der Waals surface area (Å²) in [5.41, 5.74) is 2.66. The van der Waals surface area contributed by atoms with E-state index in [-0.39, 0.29) is 6.04 Å². The van der Waals surface area contributed by atoms with Gasteiger partial charge in [-0.15, -0.1) is 11.8 Å². The van der Waals surface area contributed by atoms with Crippen molar-refractivity contribution in [1.82, 2.24) is 9.80 Å². The summed E-state index contributed by atoms with van der Waals surface area (Å²) < 4.78 is 0. The molecule has 3 aromatic rings. The zero-order valence-corrected chi connectivity index (χ0v) is 19.4. The molecule has 4 rings (SSSR count). The summed E-state index contributed by atoms with van der Waals surface area (Å²) in [6.07, 6.45) is 2.54. The second-order valence-electron chi connectivity index (χ2n) is 8.38. The molecule has 4 heteroatoms. The average molecular weight is 445 g/mol. The Morgan fingerprint density at radius 1 is 0.750 bits per heavy atom. The molecule has 166 valence electrons. The predicted molar refractivity (Wildman–Crippen MR) is 134 cm³/mol. The Morgan fingerprint density at radius 3 is 2.06 bits per heavy atom. The van der Waals surface area contributed by atoms with Crippen LogP contribution >= 0.6 is 11.8 Å². The highest BCUT2D eigenvalue weighted by atomic mass is 32.2. The van der Waals surface area contributed by atoms with Crippen LogP contribution in [0.4, 0.5) is 0 Å². The number of benzene rings is 3. The molecule has 0 aliphatic carbocycles. The lowest BCUT2D eigenvalue weighted by molar-refractivity contribution is -0.132. The van der Waals surface area contributed by atoms with Gasteiger partial charge < -0.3 is 9.80 Å². The van der Waals surface area contributed by atoms with Crippen molar-refractivity contribution in [3.63, 3.8) is 0 Å². The summed E-state index contributed by atoms with van der Waals surface area (Å²) in [7, 11) is 0. The largest absolute Gasteiger partial charge is 0.337 e.